The first-order valence-corrected chi connectivity index (χ1v) is 7.77. The first-order chi connectivity index (χ1) is 9.90. The molecule has 21 heavy (non-hydrogen) atoms. The van der Waals surface area contributed by atoms with Gasteiger partial charge in [0.15, 0.2) is 5.78 Å². The number of ketones is 1. The molecular formula is C18H27NO2. The molecule has 0 spiro atoms. The van der Waals surface area contributed by atoms with Crippen LogP contribution in [0.3, 0.4) is 0 Å². The Bertz CT molecular complexity index is 524. The third-order valence-corrected chi connectivity index (χ3v) is 4.93. The Hall–Kier alpha value is -1.35. The van der Waals surface area contributed by atoms with Crippen LogP contribution in [0.5, 0.6) is 5.75 Å². The minimum absolute atomic E-state index is 0.263. The van der Waals surface area contributed by atoms with E-state index in [1.807, 2.05) is 39.2 Å². The van der Waals surface area contributed by atoms with Gasteiger partial charge in [-0.3, -0.25) is 9.69 Å². The van der Waals surface area contributed by atoms with Crippen molar-refractivity contribution in [1.82, 2.24) is 4.90 Å². The number of rotatable bonds is 4. The average molecular weight is 289 g/mol. The van der Waals surface area contributed by atoms with Crippen LogP contribution in [0.4, 0.5) is 0 Å². The molecule has 1 saturated carbocycles. The molecule has 0 N–H and O–H groups in total. The summed E-state index contributed by atoms with van der Waals surface area (Å²) in [5.41, 5.74) is 1.48. The van der Waals surface area contributed by atoms with E-state index in [-0.39, 0.29) is 11.3 Å². The second-order valence-corrected chi connectivity index (χ2v) is 6.64. The van der Waals surface area contributed by atoms with E-state index in [1.54, 1.807) is 7.11 Å². The van der Waals surface area contributed by atoms with Gasteiger partial charge in [0.1, 0.15) is 5.75 Å². The van der Waals surface area contributed by atoms with Crippen molar-refractivity contribution in [2.24, 2.45) is 5.92 Å². The molecule has 1 fully saturated rings. The van der Waals surface area contributed by atoms with Gasteiger partial charge in [0.25, 0.3) is 0 Å². The number of Topliss-reactive ketones (excluding diaryl/α,β-unsaturated/α-hetero) is 1. The Kier molecular flexibility index (Phi) is 4.72. The summed E-state index contributed by atoms with van der Waals surface area (Å²) in [7, 11) is 5.73. The smallest absolute Gasteiger partial charge is 0.183 e. The highest BCUT2D eigenvalue weighted by Gasteiger charge is 2.44. The summed E-state index contributed by atoms with van der Waals surface area (Å²) in [6, 6.07) is 5.75. The van der Waals surface area contributed by atoms with Crippen LogP contribution in [0.2, 0.25) is 0 Å². The average Bonchev–Trinajstić information content (AvgIpc) is 2.46. The monoisotopic (exact) mass is 289 g/mol. The van der Waals surface area contributed by atoms with E-state index >= 15 is 0 Å². The van der Waals surface area contributed by atoms with Gasteiger partial charge >= 0.3 is 0 Å². The highest BCUT2D eigenvalue weighted by molar-refractivity contribution is 6.04. The van der Waals surface area contributed by atoms with Crippen molar-refractivity contribution in [3.8, 4) is 5.75 Å². The van der Waals surface area contributed by atoms with Gasteiger partial charge in [-0.25, -0.2) is 0 Å². The van der Waals surface area contributed by atoms with Gasteiger partial charge in [-0.2, -0.15) is 0 Å². The molecular weight excluding hydrogens is 262 g/mol. The van der Waals surface area contributed by atoms with Crippen LogP contribution >= 0.6 is 0 Å². The molecule has 0 bridgehead atoms. The Balaban J connectivity index is 2.39. The number of carbonyl (C=O) groups excluding carboxylic acids is 1. The maximum Gasteiger partial charge on any atom is 0.183 e. The molecule has 3 heteroatoms. The fourth-order valence-electron chi connectivity index (χ4n) is 3.61. The minimum Gasteiger partial charge on any atom is -0.497 e. The topological polar surface area (TPSA) is 29.5 Å². The Labute approximate surface area is 128 Å². The number of methoxy groups -OCH3 is 1. The van der Waals surface area contributed by atoms with Gasteiger partial charge in [0.2, 0.25) is 0 Å². The largest absolute Gasteiger partial charge is 0.497 e. The summed E-state index contributed by atoms with van der Waals surface area (Å²) >= 11 is 0. The lowest BCUT2D eigenvalue weighted by Gasteiger charge is -2.44. The van der Waals surface area contributed by atoms with E-state index in [0.29, 0.717) is 5.92 Å². The van der Waals surface area contributed by atoms with Crippen molar-refractivity contribution in [1.29, 1.82) is 0 Å². The van der Waals surface area contributed by atoms with Gasteiger partial charge in [-0.1, -0.05) is 19.8 Å². The fourth-order valence-corrected chi connectivity index (χ4v) is 3.61. The lowest BCUT2D eigenvalue weighted by Crippen LogP contribution is -2.54. The van der Waals surface area contributed by atoms with E-state index in [4.69, 9.17) is 4.74 Å². The van der Waals surface area contributed by atoms with Crippen molar-refractivity contribution in [3.63, 3.8) is 0 Å². The van der Waals surface area contributed by atoms with E-state index in [1.165, 1.54) is 6.42 Å². The Morgan fingerprint density at radius 1 is 1.38 bits per heavy atom. The van der Waals surface area contributed by atoms with Gasteiger partial charge in [0, 0.05) is 5.56 Å². The summed E-state index contributed by atoms with van der Waals surface area (Å²) in [5.74, 6) is 1.67. The minimum atomic E-state index is -0.350. The quantitative estimate of drug-likeness (QED) is 0.792. The molecule has 0 radical (unpaired) electrons. The third kappa shape index (κ3) is 2.98. The van der Waals surface area contributed by atoms with Gasteiger partial charge in [-0.05, 0) is 63.5 Å². The number of hydrogen-bond donors (Lipinski definition) is 0. The third-order valence-electron chi connectivity index (χ3n) is 4.93. The Morgan fingerprint density at radius 3 is 2.62 bits per heavy atom. The van der Waals surface area contributed by atoms with E-state index in [2.05, 4.69) is 11.8 Å². The van der Waals surface area contributed by atoms with Crippen LogP contribution in [0.25, 0.3) is 0 Å². The SMILES string of the molecule is COc1ccc(C(=O)C2(N(C)C)CCCC(C)C2)c(C)c1. The highest BCUT2D eigenvalue weighted by atomic mass is 16.5. The first kappa shape index (κ1) is 16.0. The lowest BCUT2D eigenvalue weighted by atomic mass is 9.71. The normalized spacial score (nSPS) is 25.9. The highest BCUT2D eigenvalue weighted by Crippen LogP contribution is 2.38. The second-order valence-electron chi connectivity index (χ2n) is 6.64. The zero-order valence-electron chi connectivity index (χ0n) is 13.9. The molecule has 3 nitrogen and oxygen atoms in total. The summed E-state index contributed by atoms with van der Waals surface area (Å²) in [6.07, 6.45) is 4.25. The van der Waals surface area contributed by atoms with Crippen molar-refractivity contribution in [2.75, 3.05) is 21.2 Å². The number of aryl methyl sites for hydroxylation is 1. The first-order valence-electron chi connectivity index (χ1n) is 7.77. The maximum absolute atomic E-state index is 13.2. The number of likely N-dealkylation sites (N-methyl/N-ethyl adjacent to an activating group) is 1. The molecule has 2 rings (SSSR count). The summed E-state index contributed by atoms with van der Waals surface area (Å²) in [4.78, 5) is 15.4. The van der Waals surface area contributed by atoms with Gasteiger partial charge in [-0.15, -0.1) is 0 Å². The standard InChI is InChI=1S/C18H27NO2/c1-13-7-6-10-18(12-13,19(3)4)17(20)16-9-8-15(21-5)11-14(16)2/h8-9,11,13H,6-7,10,12H2,1-5H3. The molecule has 0 aliphatic heterocycles. The predicted molar refractivity (Wildman–Crippen MR) is 86.1 cm³/mol. The molecule has 116 valence electrons. The molecule has 1 aromatic carbocycles. The van der Waals surface area contributed by atoms with Crippen LogP contribution in [-0.2, 0) is 0 Å². The van der Waals surface area contributed by atoms with Crippen LogP contribution in [-0.4, -0.2) is 37.4 Å². The molecule has 2 atom stereocenters. The maximum atomic E-state index is 13.2. The zero-order chi connectivity index (χ0) is 15.6. The molecule has 1 aliphatic rings. The van der Waals surface area contributed by atoms with Crippen LogP contribution < -0.4 is 4.74 Å². The molecule has 1 aromatic rings. The molecule has 0 amide bonds. The van der Waals surface area contributed by atoms with Crippen molar-refractivity contribution < 1.29 is 9.53 Å². The lowest BCUT2D eigenvalue weighted by molar-refractivity contribution is 0.0485. The fraction of sp³-hybridized carbons (Fsp3) is 0.611. The molecule has 0 saturated heterocycles. The van der Waals surface area contributed by atoms with E-state index in [9.17, 15) is 4.79 Å². The van der Waals surface area contributed by atoms with Crippen LogP contribution in [0, 0.1) is 12.8 Å². The molecule has 0 heterocycles. The number of hydrogen-bond acceptors (Lipinski definition) is 3. The summed E-state index contributed by atoms with van der Waals surface area (Å²) < 4.78 is 5.24. The number of carbonyl (C=O) groups is 1. The number of ether oxygens (including phenoxy) is 1. The summed E-state index contributed by atoms with van der Waals surface area (Å²) in [5, 5.41) is 0. The second kappa shape index (κ2) is 6.18. The van der Waals surface area contributed by atoms with E-state index < -0.39 is 0 Å². The number of nitrogens with zero attached hydrogens (tertiary/aromatic N) is 1. The van der Waals surface area contributed by atoms with Gasteiger partial charge < -0.3 is 4.74 Å². The molecule has 0 aromatic heterocycles. The summed E-state index contributed by atoms with van der Waals surface area (Å²) in [6.45, 7) is 4.25. The predicted octanol–water partition coefficient (Wildman–Crippen LogP) is 3.70. The van der Waals surface area contributed by atoms with Crippen molar-refractivity contribution >= 4 is 5.78 Å². The van der Waals surface area contributed by atoms with Crippen molar-refractivity contribution in [3.05, 3.63) is 29.3 Å². The van der Waals surface area contributed by atoms with Crippen LogP contribution in [0.1, 0.15) is 48.5 Å². The molecule has 1 aliphatic carbocycles. The zero-order valence-corrected chi connectivity index (χ0v) is 13.9. The van der Waals surface area contributed by atoms with Gasteiger partial charge in [0.05, 0.1) is 12.6 Å². The molecule has 2 unspecified atom stereocenters. The van der Waals surface area contributed by atoms with Crippen molar-refractivity contribution in [2.45, 2.75) is 45.1 Å². The van der Waals surface area contributed by atoms with E-state index in [0.717, 1.165) is 36.1 Å². The Morgan fingerprint density at radius 2 is 2.10 bits per heavy atom. The van der Waals surface area contributed by atoms with Crippen LogP contribution in [0.15, 0.2) is 18.2 Å². The number of benzene rings is 1.